The third-order valence-corrected chi connectivity index (χ3v) is 6.69. The molecule has 0 aliphatic carbocycles. The van der Waals surface area contributed by atoms with Gasteiger partial charge in [0, 0.05) is 26.3 Å². The molecule has 4 nitrogen and oxygen atoms in total. The van der Waals surface area contributed by atoms with Crippen molar-refractivity contribution in [1.29, 1.82) is 0 Å². The topological polar surface area (TPSA) is 45.2 Å². The fraction of sp³-hybridized carbons (Fsp3) is 0.357. The summed E-state index contributed by atoms with van der Waals surface area (Å²) in [6.07, 6.45) is 3.29. The van der Waals surface area contributed by atoms with E-state index < -0.39 is 0 Å². The number of aryl methyl sites for hydroxylation is 1. The van der Waals surface area contributed by atoms with Crippen molar-refractivity contribution >= 4 is 34.9 Å². The number of hydrogen-bond acceptors (Lipinski definition) is 3. The van der Waals surface area contributed by atoms with Gasteiger partial charge in [-0.25, -0.2) is 4.98 Å². The highest BCUT2D eigenvalue weighted by molar-refractivity contribution is 6.42. The zero-order valence-corrected chi connectivity index (χ0v) is 22.1. The van der Waals surface area contributed by atoms with Crippen molar-refractivity contribution in [2.45, 2.75) is 52.5 Å². The lowest BCUT2D eigenvalue weighted by molar-refractivity contribution is 0.0745. The summed E-state index contributed by atoms with van der Waals surface area (Å²) in [6.45, 7) is 9.69. The van der Waals surface area contributed by atoms with Crippen molar-refractivity contribution in [2.75, 3.05) is 18.9 Å². The summed E-state index contributed by atoms with van der Waals surface area (Å²) in [7, 11) is 1.79. The second-order valence-corrected chi connectivity index (χ2v) is 10.3. The molecule has 34 heavy (non-hydrogen) atoms. The lowest BCUT2D eigenvalue weighted by atomic mass is 9.87. The molecule has 0 saturated carbocycles. The number of pyridine rings is 1. The summed E-state index contributed by atoms with van der Waals surface area (Å²) in [5, 5.41) is 4.11. The maximum atomic E-state index is 13.8. The summed E-state index contributed by atoms with van der Waals surface area (Å²) >= 11 is 12.3. The smallest absolute Gasteiger partial charge is 0.257 e. The average Bonchev–Trinajstić information content (AvgIpc) is 2.82. The van der Waals surface area contributed by atoms with Crippen molar-refractivity contribution in [2.24, 2.45) is 0 Å². The van der Waals surface area contributed by atoms with E-state index in [-0.39, 0.29) is 11.3 Å². The number of rotatable bonds is 8. The highest BCUT2D eigenvalue weighted by Crippen LogP contribution is 2.25. The van der Waals surface area contributed by atoms with Crippen molar-refractivity contribution in [3.63, 3.8) is 0 Å². The maximum Gasteiger partial charge on any atom is 0.257 e. The standard InChI is InChI=1S/C28H33Cl2N3O/c1-6-19-15-23(26(31-5)32-17-19)27(34)33(14-13-20-9-12-24(29)25(30)16-20)18-21-7-10-22(11-8-21)28(2,3)4/h7-12,15-17H,6,13-14,18H2,1-5H3,(H,31,32). The fourth-order valence-corrected chi connectivity index (χ4v) is 4.10. The molecule has 0 atom stereocenters. The van der Waals surface area contributed by atoms with Gasteiger partial charge in [0.15, 0.2) is 0 Å². The largest absolute Gasteiger partial charge is 0.372 e. The SMILES string of the molecule is CCc1cnc(NC)c(C(=O)N(CCc2ccc(Cl)c(Cl)c2)Cc2ccc(C(C)(C)C)cc2)c1. The van der Waals surface area contributed by atoms with Crippen LogP contribution >= 0.6 is 23.2 Å². The van der Waals surface area contributed by atoms with Crippen LogP contribution in [0.15, 0.2) is 54.7 Å². The number of halogens is 2. The molecule has 0 spiro atoms. The van der Waals surface area contributed by atoms with Gasteiger partial charge in [0.05, 0.1) is 15.6 Å². The van der Waals surface area contributed by atoms with Crippen LogP contribution in [0.4, 0.5) is 5.82 Å². The van der Waals surface area contributed by atoms with Gasteiger partial charge in [-0.1, -0.05) is 81.2 Å². The Hall–Kier alpha value is -2.56. The number of amides is 1. The molecular weight excluding hydrogens is 465 g/mol. The number of carbonyl (C=O) groups excluding carboxylic acids is 1. The Balaban J connectivity index is 1.90. The molecule has 180 valence electrons. The predicted octanol–water partition coefficient (Wildman–Crippen LogP) is 7.18. The lowest BCUT2D eigenvalue weighted by Gasteiger charge is -2.25. The van der Waals surface area contributed by atoms with E-state index >= 15 is 0 Å². The predicted molar refractivity (Wildman–Crippen MR) is 143 cm³/mol. The fourth-order valence-electron chi connectivity index (χ4n) is 3.78. The van der Waals surface area contributed by atoms with Gasteiger partial charge < -0.3 is 10.2 Å². The van der Waals surface area contributed by atoms with Gasteiger partial charge in [0.2, 0.25) is 0 Å². The molecule has 0 saturated heterocycles. The van der Waals surface area contributed by atoms with Crippen LogP contribution in [-0.2, 0) is 24.8 Å². The van der Waals surface area contributed by atoms with E-state index in [1.165, 1.54) is 5.56 Å². The normalized spacial score (nSPS) is 11.4. The molecule has 1 N–H and O–H groups in total. The van der Waals surface area contributed by atoms with Crippen LogP contribution in [0.1, 0.15) is 60.3 Å². The van der Waals surface area contributed by atoms with Crippen molar-refractivity contribution in [1.82, 2.24) is 9.88 Å². The average molecular weight is 498 g/mol. The van der Waals surface area contributed by atoms with Crippen LogP contribution in [0.25, 0.3) is 0 Å². The molecule has 0 aliphatic rings. The summed E-state index contributed by atoms with van der Waals surface area (Å²) in [4.78, 5) is 20.1. The van der Waals surface area contributed by atoms with Crippen molar-refractivity contribution in [3.05, 3.63) is 92.6 Å². The first-order valence-electron chi connectivity index (χ1n) is 11.6. The van der Waals surface area contributed by atoms with Crippen LogP contribution in [-0.4, -0.2) is 29.4 Å². The Labute approximate surface area is 213 Å². The highest BCUT2D eigenvalue weighted by Gasteiger charge is 2.21. The van der Waals surface area contributed by atoms with Crippen LogP contribution in [0.2, 0.25) is 10.0 Å². The Kier molecular flexibility index (Phi) is 8.62. The quantitative estimate of drug-likeness (QED) is 0.358. The van der Waals surface area contributed by atoms with E-state index in [9.17, 15) is 4.79 Å². The Morgan fingerprint density at radius 1 is 0.971 bits per heavy atom. The molecule has 1 amide bonds. The van der Waals surface area contributed by atoms with E-state index in [2.05, 4.69) is 62.3 Å². The minimum Gasteiger partial charge on any atom is -0.372 e. The molecule has 6 heteroatoms. The molecule has 1 aromatic heterocycles. The second-order valence-electron chi connectivity index (χ2n) is 9.52. The first-order chi connectivity index (χ1) is 16.1. The lowest BCUT2D eigenvalue weighted by Crippen LogP contribution is -2.33. The monoisotopic (exact) mass is 497 g/mol. The van der Waals surface area contributed by atoms with Crippen LogP contribution < -0.4 is 5.32 Å². The minimum absolute atomic E-state index is 0.0490. The molecular formula is C28H33Cl2N3O. The number of nitrogens with one attached hydrogen (secondary N) is 1. The third kappa shape index (κ3) is 6.52. The second kappa shape index (κ2) is 11.2. The molecule has 2 aromatic carbocycles. The molecule has 1 heterocycles. The van der Waals surface area contributed by atoms with Gasteiger partial charge in [0.25, 0.3) is 5.91 Å². The molecule has 0 fully saturated rings. The minimum atomic E-state index is -0.0490. The molecule has 0 unspecified atom stereocenters. The zero-order chi connectivity index (χ0) is 24.9. The first-order valence-corrected chi connectivity index (χ1v) is 12.4. The van der Waals surface area contributed by atoms with Gasteiger partial charge in [-0.15, -0.1) is 0 Å². The van der Waals surface area contributed by atoms with Gasteiger partial charge in [-0.2, -0.15) is 0 Å². The number of anilines is 1. The molecule has 3 aromatic rings. The Morgan fingerprint density at radius 3 is 2.24 bits per heavy atom. The van der Waals surface area contributed by atoms with E-state index in [0.29, 0.717) is 40.9 Å². The Bertz CT molecular complexity index is 1140. The van der Waals surface area contributed by atoms with E-state index in [4.69, 9.17) is 23.2 Å². The van der Waals surface area contributed by atoms with Gasteiger partial charge in [-0.3, -0.25) is 4.79 Å². The summed E-state index contributed by atoms with van der Waals surface area (Å²) in [5.74, 6) is 0.539. The summed E-state index contributed by atoms with van der Waals surface area (Å²) in [6, 6.07) is 16.1. The summed E-state index contributed by atoms with van der Waals surface area (Å²) in [5.41, 5.74) is 5.08. The van der Waals surface area contributed by atoms with E-state index in [1.807, 2.05) is 29.3 Å². The number of benzene rings is 2. The zero-order valence-electron chi connectivity index (χ0n) is 20.6. The van der Waals surface area contributed by atoms with Gasteiger partial charge in [0.1, 0.15) is 5.82 Å². The van der Waals surface area contributed by atoms with Crippen LogP contribution in [0, 0.1) is 0 Å². The molecule has 0 aliphatic heterocycles. The van der Waals surface area contributed by atoms with E-state index in [0.717, 1.165) is 23.1 Å². The number of aromatic nitrogens is 1. The number of carbonyl (C=O) groups is 1. The maximum absolute atomic E-state index is 13.8. The van der Waals surface area contributed by atoms with Crippen LogP contribution in [0.3, 0.4) is 0 Å². The van der Waals surface area contributed by atoms with Crippen molar-refractivity contribution < 1.29 is 4.79 Å². The van der Waals surface area contributed by atoms with Crippen LogP contribution in [0.5, 0.6) is 0 Å². The molecule has 3 rings (SSSR count). The number of nitrogens with zero attached hydrogens (tertiary/aromatic N) is 2. The molecule has 0 radical (unpaired) electrons. The van der Waals surface area contributed by atoms with Crippen molar-refractivity contribution in [3.8, 4) is 0 Å². The van der Waals surface area contributed by atoms with E-state index in [1.54, 1.807) is 13.1 Å². The Morgan fingerprint density at radius 2 is 1.65 bits per heavy atom. The highest BCUT2D eigenvalue weighted by atomic mass is 35.5. The molecule has 0 bridgehead atoms. The third-order valence-electron chi connectivity index (χ3n) is 5.95. The first kappa shape index (κ1) is 26.1. The van der Waals surface area contributed by atoms with Gasteiger partial charge >= 0.3 is 0 Å². The summed E-state index contributed by atoms with van der Waals surface area (Å²) < 4.78 is 0. The number of hydrogen-bond donors (Lipinski definition) is 1. The van der Waals surface area contributed by atoms with Gasteiger partial charge in [-0.05, 0) is 58.7 Å².